The summed E-state index contributed by atoms with van der Waals surface area (Å²) in [5.74, 6) is -0.945. The third-order valence-electron chi connectivity index (χ3n) is 1.84. The molecule has 1 unspecified atom stereocenters. The van der Waals surface area contributed by atoms with E-state index in [0.717, 1.165) is 0 Å². The Hall–Kier alpha value is -1.57. The molecule has 0 spiro atoms. The highest BCUT2D eigenvalue weighted by molar-refractivity contribution is 5.85. The van der Waals surface area contributed by atoms with E-state index in [0.29, 0.717) is 11.1 Å². The summed E-state index contributed by atoms with van der Waals surface area (Å²) in [5, 5.41) is 17.1. The van der Waals surface area contributed by atoms with Crippen LogP contribution in [-0.4, -0.2) is 11.1 Å². The van der Waals surface area contributed by atoms with Crippen molar-refractivity contribution in [1.29, 1.82) is 5.26 Å². The van der Waals surface area contributed by atoms with Crippen LogP contribution in [0.1, 0.15) is 23.6 Å². The number of nitrogens with zero attached hydrogens (tertiary/aromatic N) is 1. The SMILES string of the molecule is Cl.N#Cc1cccc(C(N)CC(=O)O)c1. The number of nitriles is 1. The lowest BCUT2D eigenvalue weighted by Gasteiger charge is -2.08. The molecule has 15 heavy (non-hydrogen) atoms. The summed E-state index contributed by atoms with van der Waals surface area (Å²) in [7, 11) is 0. The highest BCUT2D eigenvalue weighted by atomic mass is 35.5. The number of benzene rings is 1. The van der Waals surface area contributed by atoms with Gasteiger partial charge in [-0.3, -0.25) is 4.79 Å². The molecule has 1 aromatic carbocycles. The van der Waals surface area contributed by atoms with E-state index in [1.165, 1.54) is 0 Å². The van der Waals surface area contributed by atoms with E-state index in [-0.39, 0.29) is 18.8 Å². The average Bonchev–Trinajstić information content (AvgIpc) is 2.17. The highest BCUT2D eigenvalue weighted by Crippen LogP contribution is 2.14. The molecule has 0 saturated heterocycles. The van der Waals surface area contributed by atoms with Crippen LogP contribution in [0.4, 0.5) is 0 Å². The topological polar surface area (TPSA) is 87.1 Å². The summed E-state index contributed by atoms with van der Waals surface area (Å²) in [6.07, 6.45) is -0.130. The summed E-state index contributed by atoms with van der Waals surface area (Å²) >= 11 is 0. The Morgan fingerprint density at radius 3 is 2.80 bits per heavy atom. The molecular weight excluding hydrogens is 216 g/mol. The predicted octanol–water partition coefficient (Wildman–Crippen LogP) is 1.45. The molecule has 0 radical (unpaired) electrons. The maximum absolute atomic E-state index is 10.4. The summed E-state index contributed by atoms with van der Waals surface area (Å²) in [6, 6.07) is 8.08. The van der Waals surface area contributed by atoms with E-state index in [2.05, 4.69) is 0 Å². The average molecular weight is 227 g/mol. The first-order valence-electron chi connectivity index (χ1n) is 4.11. The lowest BCUT2D eigenvalue weighted by atomic mass is 10.0. The fourth-order valence-electron chi connectivity index (χ4n) is 1.14. The van der Waals surface area contributed by atoms with Crippen molar-refractivity contribution >= 4 is 18.4 Å². The zero-order valence-electron chi connectivity index (χ0n) is 7.88. The summed E-state index contributed by atoms with van der Waals surface area (Å²) < 4.78 is 0. The number of carboxylic acids is 1. The predicted molar refractivity (Wildman–Crippen MR) is 57.6 cm³/mol. The summed E-state index contributed by atoms with van der Waals surface area (Å²) in [4.78, 5) is 10.4. The fourth-order valence-corrected chi connectivity index (χ4v) is 1.14. The van der Waals surface area contributed by atoms with Crippen molar-refractivity contribution in [2.75, 3.05) is 0 Å². The van der Waals surface area contributed by atoms with Crippen LogP contribution in [0.3, 0.4) is 0 Å². The molecule has 0 amide bonds. The minimum absolute atomic E-state index is 0. The van der Waals surface area contributed by atoms with E-state index in [1.54, 1.807) is 24.3 Å². The Morgan fingerprint density at radius 1 is 1.60 bits per heavy atom. The molecule has 0 fully saturated rings. The number of nitrogens with two attached hydrogens (primary N) is 1. The molecule has 0 aliphatic carbocycles. The smallest absolute Gasteiger partial charge is 0.305 e. The normalized spacial score (nSPS) is 10.9. The molecule has 4 nitrogen and oxygen atoms in total. The molecule has 1 atom stereocenters. The van der Waals surface area contributed by atoms with Crippen molar-refractivity contribution in [3.63, 3.8) is 0 Å². The molecule has 1 aromatic rings. The zero-order chi connectivity index (χ0) is 10.6. The van der Waals surface area contributed by atoms with Crippen LogP contribution in [-0.2, 0) is 4.79 Å². The first-order valence-corrected chi connectivity index (χ1v) is 4.11. The maximum atomic E-state index is 10.4. The second kappa shape index (κ2) is 6.02. The molecule has 80 valence electrons. The molecule has 0 saturated carbocycles. The zero-order valence-corrected chi connectivity index (χ0v) is 8.70. The Morgan fingerprint density at radius 2 is 2.27 bits per heavy atom. The Kier molecular flexibility index (Phi) is 5.39. The Labute approximate surface area is 93.7 Å². The molecular formula is C10H11ClN2O2. The van der Waals surface area contributed by atoms with Gasteiger partial charge in [0.05, 0.1) is 18.1 Å². The van der Waals surface area contributed by atoms with Gasteiger partial charge in [0.2, 0.25) is 0 Å². The van der Waals surface area contributed by atoms with Gasteiger partial charge in [-0.15, -0.1) is 12.4 Å². The second-order valence-corrected chi connectivity index (χ2v) is 2.94. The maximum Gasteiger partial charge on any atom is 0.305 e. The number of hydrogen-bond donors (Lipinski definition) is 2. The van der Waals surface area contributed by atoms with Gasteiger partial charge in [-0.05, 0) is 17.7 Å². The molecule has 1 rings (SSSR count). The summed E-state index contributed by atoms with van der Waals surface area (Å²) in [5.41, 5.74) is 6.79. The van der Waals surface area contributed by atoms with Gasteiger partial charge in [0, 0.05) is 6.04 Å². The molecule has 0 aliphatic rings. The standard InChI is InChI=1S/C10H10N2O2.ClH/c11-6-7-2-1-3-8(4-7)9(12)5-10(13)14;/h1-4,9H,5,12H2,(H,13,14);1H. The van der Waals surface area contributed by atoms with Crippen LogP contribution in [0, 0.1) is 11.3 Å². The van der Waals surface area contributed by atoms with Gasteiger partial charge in [-0.2, -0.15) is 5.26 Å². The largest absolute Gasteiger partial charge is 0.481 e. The first-order chi connectivity index (χ1) is 6.63. The Balaban J connectivity index is 0.00000196. The van der Waals surface area contributed by atoms with E-state index in [9.17, 15) is 4.79 Å². The van der Waals surface area contributed by atoms with Crippen molar-refractivity contribution in [2.24, 2.45) is 5.73 Å². The molecule has 3 N–H and O–H groups in total. The van der Waals surface area contributed by atoms with E-state index < -0.39 is 12.0 Å². The number of rotatable bonds is 3. The molecule has 0 heterocycles. The van der Waals surface area contributed by atoms with Gasteiger partial charge >= 0.3 is 5.97 Å². The van der Waals surface area contributed by atoms with Gasteiger partial charge in [0.15, 0.2) is 0 Å². The van der Waals surface area contributed by atoms with Gasteiger partial charge in [-0.25, -0.2) is 0 Å². The van der Waals surface area contributed by atoms with Gasteiger partial charge in [0.1, 0.15) is 0 Å². The molecule has 0 aliphatic heterocycles. The van der Waals surface area contributed by atoms with E-state index in [1.807, 2.05) is 6.07 Å². The monoisotopic (exact) mass is 226 g/mol. The van der Waals surface area contributed by atoms with Crippen LogP contribution >= 0.6 is 12.4 Å². The number of carbonyl (C=O) groups is 1. The quantitative estimate of drug-likeness (QED) is 0.817. The van der Waals surface area contributed by atoms with Gasteiger partial charge in [-0.1, -0.05) is 12.1 Å². The third kappa shape index (κ3) is 3.98. The minimum Gasteiger partial charge on any atom is -0.481 e. The lowest BCUT2D eigenvalue weighted by Crippen LogP contribution is -2.14. The van der Waals surface area contributed by atoms with Crippen LogP contribution in [0.5, 0.6) is 0 Å². The molecule has 5 heteroatoms. The Bertz CT molecular complexity index is 387. The van der Waals surface area contributed by atoms with Crippen molar-refractivity contribution in [3.8, 4) is 6.07 Å². The lowest BCUT2D eigenvalue weighted by molar-refractivity contribution is -0.137. The van der Waals surface area contributed by atoms with E-state index >= 15 is 0 Å². The fraction of sp³-hybridized carbons (Fsp3) is 0.200. The van der Waals surface area contributed by atoms with Crippen molar-refractivity contribution in [3.05, 3.63) is 35.4 Å². The minimum atomic E-state index is -0.945. The third-order valence-corrected chi connectivity index (χ3v) is 1.84. The van der Waals surface area contributed by atoms with Crippen LogP contribution in [0.15, 0.2) is 24.3 Å². The highest BCUT2D eigenvalue weighted by Gasteiger charge is 2.10. The van der Waals surface area contributed by atoms with Gasteiger partial charge in [0.25, 0.3) is 0 Å². The summed E-state index contributed by atoms with van der Waals surface area (Å²) in [6.45, 7) is 0. The number of hydrogen-bond acceptors (Lipinski definition) is 3. The first kappa shape index (κ1) is 13.4. The molecule has 0 aromatic heterocycles. The van der Waals surface area contributed by atoms with Crippen LogP contribution in [0.25, 0.3) is 0 Å². The van der Waals surface area contributed by atoms with Crippen LogP contribution < -0.4 is 5.73 Å². The number of halogens is 1. The van der Waals surface area contributed by atoms with Crippen LogP contribution in [0.2, 0.25) is 0 Å². The van der Waals surface area contributed by atoms with Gasteiger partial charge < -0.3 is 10.8 Å². The number of carboxylic acid groups (broad SMARTS) is 1. The second-order valence-electron chi connectivity index (χ2n) is 2.94. The van der Waals surface area contributed by atoms with Crippen molar-refractivity contribution < 1.29 is 9.90 Å². The van der Waals surface area contributed by atoms with Crippen molar-refractivity contribution in [2.45, 2.75) is 12.5 Å². The molecule has 0 bridgehead atoms. The van der Waals surface area contributed by atoms with Crippen molar-refractivity contribution in [1.82, 2.24) is 0 Å². The van der Waals surface area contributed by atoms with E-state index in [4.69, 9.17) is 16.1 Å². The number of aliphatic carboxylic acids is 1.